The van der Waals surface area contributed by atoms with E-state index in [1.807, 2.05) is 67.5 Å². The molecule has 0 aliphatic rings. The highest BCUT2D eigenvalue weighted by molar-refractivity contribution is 6.31. The number of anilines is 4. The fourth-order valence-electron chi connectivity index (χ4n) is 3.65. The molecule has 7 heteroatoms. The van der Waals surface area contributed by atoms with Crippen molar-refractivity contribution in [3.05, 3.63) is 83.1 Å². The molecule has 0 bridgehead atoms. The van der Waals surface area contributed by atoms with E-state index >= 15 is 0 Å². The van der Waals surface area contributed by atoms with Crippen molar-refractivity contribution in [2.75, 3.05) is 30.0 Å². The quantitative estimate of drug-likeness (QED) is 0.366. The lowest BCUT2D eigenvalue weighted by Crippen LogP contribution is -2.12. The van der Waals surface area contributed by atoms with Crippen LogP contribution in [0.4, 0.5) is 23.0 Å². The van der Waals surface area contributed by atoms with Gasteiger partial charge in [0.05, 0.1) is 22.0 Å². The van der Waals surface area contributed by atoms with Gasteiger partial charge in [-0.15, -0.1) is 0 Å². The molecule has 3 N–H and O–H groups in total. The Labute approximate surface area is 192 Å². The number of hydrogen-bond acceptors (Lipinski definition) is 6. The van der Waals surface area contributed by atoms with Gasteiger partial charge in [0.2, 0.25) is 0 Å². The third-order valence-electron chi connectivity index (χ3n) is 5.29. The zero-order valence-electron chi connectivity index (χ0n) is 18.0. The van der Waals surface area contributed by atoms with Gasteiger partial charge in [0.1, 0.15) is 11.6 Å². The zero-order valence-corrected chi connectivity index (χ0v) is 18.7. The van der Waals surface area contributed by atoms with E-state index in [4.69, 9.17) is 17.3 Å². The van der Waals surface area contributed by atoms with Crippen LogP contribution in [-0.4, -0.2) is 29.8 Å². The van der Waals surface area contributed by atoms with E-state index in [0.717, 1.165) is 27.7 Å². The van der Waals surface area contributed by atoms with Gasteiger partial charge in [-0.25, -0.2) is 9.97 Å². The number of para-hydroxylation sites is 2. The molecule has 2 aromatic heterocycles. The number of fused-ring (bicyclic) bond motifs is 1. The van der Waals surface area contributed by atoms with Crippen molar-refractivity contribution in [1.82, 2.24) is 9.97 Å². The number of rotatable bonds is 7. The van der Waals surface area contributed by atoms with E-state index in [2.05, 4.69) is 15.3 Å². The fraction of sp³-hybridized carbons (Fsp3) is 0.160. The van der Waals surface area contributed by atoms with Crippen LogP contribution < -0.4 is 16.0 Å². The smallest absolute Gasteiger partial charge is 0.166 e. The van der Waals surface area contributed by atoms with Crippen LogP contribution in [0.5, 0.6) is 0 Å². The highest BCUT2D eigenvalue weighted by Gasteiger charge is 2.16. The van der Waals surface area contributed by atoms with Crippen LogP contribution in [0.3, 0.4) is 0 Å². The Hall–Kier alpha value is -3.64. The first-order valence-corrected chi connectivity index (χ1v) is 10.7. The monoisotopic (exact) mass is 445 g/mol. The largest absolute Gasteiger partial charge is 0.383 e. The summed E-state index contributed by atoms with van der Waals surface area (Å²) >= 11 is 6.17. The molecular formula is C25H24ClN5O. The molecule has 0 radical (unpaired) electrons. The van der Waals surface area contributed by atoms with Crippen LogP contribution in [0, 0.1) is 0 Å². The summed E-state index contributed by atoms with van der Waals surface area (Å²) in [6, 6.07) is 17.4. The standard InChI is InChI=1S/C25H24ClN5O/c1-31(2)22-6-4-3-5-21(22)30-25-20(14-18(26)15-29-25)23(32)10-8-16-7-9-19-17(13-16)11-12-28-24(19)27/h3-7,9,11-15H,8,10H2,1-2H3,(H2,27,28)(H,29,30). The molecule has 32 heavy (non-hydrogen) atoms. The first kappa shape index (κ1) is 21.6. The van der Waals surface area contributed by atoms with Crippen molar-refractivity contribution < 1.29 is 4.79 Å². The van der Waals surface area contributed by atoms with E-state index in [1.54, 1.807) is 18.5 Å². The second-order valence-corrected chi connectivity index (χ2v) is 8.20. The molecule has 0 aliphatic carbocycles. The van der Waals surface area contributed by atoms with Crippen LogP contribution in [0.2, 0.25) is 5.02 Å². The van der Waals surface area contributed by atoms with Crippen LogP contribution in [0.15, 0.2) is 67.0 Å². The first-order valence-electron chi connectivity index (χ1n) is 10.3. The van der Waals surface area contributed by atoms with Gasteiger partial charge < -0.3 is 16.0 Å². The third kappa shape index (κ3) is 4.65. The first-order chi connectivity index (χ1) is 15.4. The van der Waals surface area contributed by atoms with Crippen LogP contribution >= 0.6 is 11.6 Å². The molecule has 2 heterocycles. The molecule has 0 atom stereocenters. The third-order valence-corrected chi connectivity index (χ3v) is 5.50. The summed E-state index contributed by atoms with van der Waals surface area (Å²) in [6.45, 7) is 0. The van der Waals surface area contributed by atoms with Crippen molar-refractivity contribution in [1.29, 1.82) is 0 Å². The number of nitrogens with two attached hydrogens (primary N) is 1. The molecule has 2 aromatic carbocycles. The average Bonchev–Trinajstić information content (AvgIpc) is 2.79. The molecular weight excluding hydrogens is 422 g/mol. The van der Waals surface area contributed by atoms with Crippen LogP contribution in [0.1, 0.15) is 22.3 Å². The minimum absolute atomic E-state index is 0.0285. The van der Waals surface area contributed by atoms with E-state index < -0.39 is 0 Å². The van der Waals surface area contributed by atoms with E-state index in [0.29, 0.717) is 35.1 Å². The number of ketones is 1. The Bertz CT molecular complexity index is 1290. The second kappa shape index (κ2) is 9.24. The Morgan fingerprint density at radius 3 is 2.72 bits per heavy atom. The van der Waals surface area contributed by atoms with Crippen LogP contribution in [0.25, 0.3) is 10.8 Å². The van der Waals surface area contributed by atoms with Gasteiger partial charge in [-0.2, -0.15) is 0 Å². The van der Waals surface area contributed by atoms with Crippen molar-refractivity contribution in [2.24, 2.45) is 0 Å². The van der Waals surface area contributed by atoms with Gasteiger partial charge in [-0.05, 0) is 41.6 Å². The number of nitrogen functional groups attached to an aromatic ring is 1. The predicted molar refractivity (Wildman–Crippen MR) is 132 cm³/mol. The lowest BCUT2D eigenvalue weighted by Gasteiger charge is -2.19. The minimum Gasteiger partial charge on any atom is -0.383 e. The van der Waals surface area contributed by atoms with Crippen molar-refractivity contribution in [3.63, 3.8) is 0 Å². The maximum atomic E-state index is 13.1. The number of carbonyl (C=O) groups is 1. The number of halogens is 1. The molecule has 0 amide bonds. The molecule has 0 fully saturated rings. The Balaban J connectivity index is 1.56. The number of aromatic nitrogens is 2. The van der Waals surface area contributed by atoms with Crippen molar-refractivity contribution in [2.45, 2.75) is 12.8 Å². The molecule has 0 saturated heterocycles. The summed E-state index contributed by atoms with van der Waals surface area (Å²) in [5.41, 5.74) is 9.32. The number of Topliss-reactive ketones (excluding diaryl/α,β-unsaturated/α-hetero) is 1. The fourth-order valence-corrected chi connectivity index (χ4v) is 3.81. The topological polar surface area (TPSA) is 84.1 Å². The normalized spacial score (nSPS) is 10.8. The van der Waals surface area contributed by atoms with Crippen molar-refractivity contribution in [3.8, 4) is 0 Å². The average molecular weight is 446 g/mol. The van der Waals surface area contributed by atoms with Gasteiger partial charge in [-0.1, -0.05) is 41.9 Å². The number of pyridine rings is 2. The highest BCUT2D eigenvalue weighted by atomic mass is 35.5. The Morgan fingerprint density at radius 2 is 1.91 bits per heavy atom. The molecule has 0 saturated carbocycles. The lowest BCUT2D eigenvalue weighted by molar-refractivity contribution is 0.0983. The molecule has 0 aliphatic heterocycles. The van der Waals surface area contributed by atoms with Crippen molar-refractivity contribution >= 4 is 51.2 Å². The highest BCUT2D eigenvalue weighted by Crippen LogP contribution is 2.29. The maximum Gasteiger partial charge on any atom is 0.166 e. The second-order valence-electron chi connectivity index (χ2n) is 7.76. The summed E-state index contributed by atoms with van der Waals surface area (Å²) in [5, 5.41) is 5.65. The summed E-state index contributed by atoms with van der Waals surface area (Å²) in [4.78, 5) is 23.7. The molecule has 0 spiro atoms. The Morgan fingerprint density at radius 1 is 1.09 bits per heavy atom. The molecule has 162 valence electrons. The SMILES string of the molecule is CN(C)c1ccccc1Nc1ncc(Cl)cc1C(=O)CCc1ccc2c(N)nccc2c1. The number of carbonyl (C=O) groups excluding carboxylic acids is 1. The number of aryl methyl sites for hydroxylation is 1. The summed E-state index contributed by atoms with van der Waals surface area (Å²) in [6.07, 6.45) is 4.16. The predicted octanol–water partition coefficient (Wildman–Crippen LogP) is 5.49. The zero-order chi connectivity index (χ0) is 22.7. The van der Waals surface area contributed by atoms with Gasteiger partial charge in [0, 0.05) is 38.3 Å². The van der Waals surface area contributed by atoms with E-state index in [9.17, 15) is 4.79 Å². The number of hydrogen-bond donors (Lipinski definition) is 2. The van der Waals surface area contributed by atoms with E-state index in [-0.39, 0.29) is 5.78 Å². The van der Waals surface area contributed by atoms with Gasteiger partial charge in [0.25, 0.3) is 0 Å². The number of nitrogens with one attached hydrogen (secondary N) is 1. The van der Waals surface area contributed by atoms with E-state index in [1.165, 1.54) is 0 Å². The van der Waals surface area contributed by atoms with Gasteiger partial charge in [-0.3, -0.25) is 4.79 Å². The minimum atomic E-state index is -0.0285. The maximum absolute atomic E-state index is 13.1. The van der Waals surface area contributed by atoms with Gasteiger partial charge >= 0.3 is 0 Å². The van der Waals surface area contributed by atoms with Gasteiger partial charge in [0.15, 0.2) is 5.78 Å². The summed E-state index contributed by atoms with van der Waals surface area (Å²) in [7, 11) is 3.93. The lowest BCUT2D eigenvalue weighted by atomic mass is 10.0. The summed E-state index contributed by atoms with van der Waals surface area (Å²) in [5.74, 6) is 0.967. The number of benzene rings is 2. The number of nitrogens with zero attached hydrogens (tertiary/aromatic N) is 3. The molecule has 4 aromatic rings. The molecule has 4 rings (SSSR count). The Kier molecular flexibility index (Phi) is 6.23. The molecule has 0 unspecified atom stereocenters. The summed E-state index contributed by atoms with van der Waals surface area (Å²) < 4.78 is 0. The molecule has 6 nitrogen and oxygen atoms in total. The van der Waals surface area contributed by atoms with Crippen LogP contribution in [-0.2, 0) is 6.42 Å².